The molecule has 0 atom stereocenters. The Balaban J connectivity index is 3.04. The van der Waals surface area contributed by atoms with Gasteiger partial charge in [0.15, 0.2) is 0 Å². The summed E-state index contributed by atoms with van der Waals surface area (Å²) in [5.41, 5.74) is -5.22. The van der Waals surface area contributed by atoms with Gasteiger partial charge < -0.3 is 0 Å². The van der Waals surface area contributed by atoms with E-state index in [0.717, 1.165) is 0 Å². The molecular formula is C9H4ClF3O2S. The Labute approximate surface area is 95.0 Å². The van der Waals surface area contributed by atoms with E-state index in [1.165, 1.54) is 29.5 Å². The highest BCUT2D eigenvalue weighted by atomic mass is 35.5. The van der Waals surface area contributed by atoms with Crippen molar-refractivity contribution in [2.24, 2.45) is 0 Å². The number of rotatable bonds is 0. The molecule has 1 rings (SSSR count). The summed E-state index contributed by atoms with van der Waals surface area (Å²) in [6.45, 7) is 0. The molecule has 0 N–H and O–H groups in total. The highest BCUT2D eigenvalue weighted by Crippen LogP contribution is 2.22. The molecule has 7 heteroatoms. The number of hydrogen-bond donors (Lipinski definition) is 0. The zero-order valence-electron chi connectivity index (χ0n) is 7.55. The molecule has 0 aliphatic heterocycles. The van der Waals surface area contributed by atoms with Gasteiger partial charge in [-0.25, -0.2) is 8.42 Å². The average Bonchev–Trinajstić information content (AvgIpc) is 2.15. The largest absolute Gasteiger partial charge is 0.509 e. The fraction of sp³-hybridized carbons (Fsp3) is 0.111. The van der Waals surface area contributed by atoms with E-state index in [2.05, 4.69) is 0 Å². The van der Waals surface area contributed by atoms with Crippen molar-refractivity contribution in [3.63, 3.8) is 0 Å². The topological polar surface area (TPSA) is 34.1 Å². The summed E-state index contributed by atoms with van der Waals surface area (Å²) in [5, 5.41) is 1.57. The van der Waals surface area contributed by atoms with Crippen LogP contribution >= 0.6 is 11.6 Å². The molecule has 0 heterocycles. The van der Waals surface area contributed by atoms with Crippen LogP contribution in [0, 0.1) is 11.2 Å². The van der Waals surface area contributed by atoms with Crippen LogP contribution in [0.1, 0.15) is 5.56 Å². The van der Waals surface area contributed by atoms with Crippen molar-refractivity contribution in [3.05, 3.63) is 34.9 Å². The third-order valence-corrected chi connectivity index (χ3v) is 2.71. The lowest BCUT2D eigenvalue weighted by molar-refractivity contribution is -0.0420. The van der Waals surface area contributed by atoms with Crippen molar-refractivity contribution >= 4 is 21.4 Å². The molecule has 0 bridgehead atoms. The van der Waals surface area contributed by atoms with Crippen molar-refractivity contribution in [1.82, 2.24) is 0 Å². The molecule has 0 saturated carbocycles. The third kappa shape index (κ3) is 3.15. The molecule has 0 saturated heterocycles. The minimum atomic E-state index is -5.40. The maximum atomic E-state index is 11.9. The minimum absolute atomic E-state index is 0.136. The van der Waals surface area contributed by atoms with Crippen molar-refractivity contribution in [2.75, 3.05) is 0 Å². The molecule has 0 radical (unpaired) electrons. The number of benzene rings is 1. The number of halogens is 4. The lowest BCUT2D eigenvalue weighted by atomic mass is 10.2. The first-order valence-corrected chi connectivity index (χ1v) is 5.68. The zero-order valence-corrected chi connectivity index (χ0v) is 9.12. The van der Waals surface area contributed by atoms with Gasteiger partial charge in [0.2, 0.25) is 0 Å². The predicted molar refractivity (Wildman–Crippen MR) is 53.3 cm³/mol. The third-order valence-electron chi connectivity index (χ3n) is 1.48. The molecule has 86 valence electrons. The first kappa shape index (κ1) is 12.9. The molecule has 0 aliphatic rings. The summed E-state index contributed by atoms with van der Waals surface area (Å²) in [7, 11) is -5.40. The second kappa shape index (κ2) is 4.36. The van der Waals surface area contributed by atoms with Crippen LogP contribution in [-0.2, 0) is 9.84 Å². The average molecular weight is 269 g/mol. The van der Waals surface area contributed by atoms with E-state index in [9.17, 15) is 21.6 Å². The van der Waals surface area contributed by atoms with Gasteiger partial charge in [-0.2, -0.15) is 13.2 Å². The Hall–Kier alpha value is -1.19. The summed E-state index contributed by atoms with van der Waals surface area (Å²) < 4.78 is 56.8. The Morgan fingerprint density at radius 1 is 1.12 bits per heavy atom. The van der Waals surface area contributed by atoms with Gasteiger partial charge in [-0.1, -0.05) is 11.6 Å². The molecule has 0 unspecified atom stereocenters. The molecule has 0 aliphatic carbocycles. The normalized spacial score (nSPS) is 11.8. The lowest BCUT2D eigenvalue weighted by Crippen LogP contribution is -2.20. The molecule has 0 aromatic heterocycles. The van der Waals surface area contributed by atoms with Gasteiger partial charge in [0.05, 0.1) is 0 Å². The smallest absolute Gasteiger partial charge is 0.206 e. The Morgan fingerprint density at radius 3 is 2.06 bits per heavy atom. The molecule has 16 heavy (non-hydrogen) atoms. The highest BCUT2D eigenvalue weighted by molar-refractivity contribution is 7.96. The lowest BCUT2D eigenvalue weighted by Gasteiger charge is -1.99. The van der Waals surface area contributed by atoms with E-state index in [0.29, 0.717) is 5.02 Å². The maximum Gasteiger partial charge on any atom is 0.509 e. The van der Waals surface area contributed by atoms with Gasteiger partial charge >= 0.3 is 15.3 Å². The summed E-state index contributed by atoms with van der Waals surface area (Å²) in [4.78, 5) is 0. The summed E-state index contributed by atoms with van der Waals surface area (Å²) in [6, 6.07) is 5.43. The van der Waals surface area contributed by atoms with Crippen LogP contribution in [0.4, 0.5) is 13.2 Å². The van der Waals surface area contributed by atoms with Crippen LogP contribution in [-0.4, -0.2) is 13.9 Å². The van der Waals surface area contributed by atoms with E-state index in [4.69, 9.17) is 11.6 Å². The Bertz CT molecular complexity index is 535. The monoisotopic (exact) mass is 268 g/mol. The Morgan fingerprint density at radius 2 is 1.62 bits per heavy atom. The number of sulfone groups is 1. The van der Waals surface area contributed by atoms with Crippen LogP contribution in [0.2, 0.25) is 5.02 Å². The van der Waals surface area contributed by atoms with Crippen molar-refractivity contribution < 1.29 is 21.6 Å². The van der Waals surface area contributed by atoms with Gasteiger partial charge in [-0.05, 0) is 30.2 Å². The van der Waals surface area contributed by atoms with Crippen LogP contribution in [0.25, 0.3) is 0 Å². The van der Waals surface area contributed by atoms with Crippen molar-refractivity contribution in [2.45, 2.75) is 5.51 Å². The molecule has 1 aromatic rings. The summed E-state index contributed by atoms with van der Waals surface area (Å²) in [6.07, 6.45) is 0. The second-order valence-corrected chi connectivity index (χ2v) is 4.79. The fourth-order valence-electron chi connectivity index (χ4n) is 0.717. The van der Waals surface area contributed by atoms with E-state index in [1.807, 2.05) is 5.92 Å². The summed E-state index contributed by atoms with van der Waals surface area (Å²) in [5.74, 6) is 1.90. The van der Waals surface area contributed by atoms with Crippen molar-refractivity contribution in [1.29, 1.82) is 0 Å². The first-order chi connectivity index (χ1) is 7.22. The van der Waals surface area contributed by atoms with Crippen LogP contribution < -0.4 is 0 Å². The Kier molecular flexibility index (Phi) is 3.51. The van der Waals surface area contributed by atoms with Crippen LogP contribution in [0.5, 0.6) is 0 Å². The molecule has 2 nitrogen and oxygen atoms in total. The maximum absolute atomic E-state index is 11.9. The molecule has 1 aromatic carbocycles. The molecule has 0 amide bonds. The van der Waals surface area contributed by atoms with Gasteiger partial charge in [0, 0.05) is 15.8 Å². The van der Waals surface area contributed by atoms with E-state index in [-0.39, 0.29) is 5.56 Å². The van der Waals surface area contributed by atoms with Crippen molar-refractivity contribution in [3.8, 4) is 11.2 Å². The quantitative estimate of drug-likeness (QED) is 0.678. The molecule has 0 fully saturated rings. The summed E-state index contributed by atoms with van der Waals surface area (Å²) >= 11 is 5.53. The standard InChI is InChI=1S/C9H4ClF3O2S/c10-8-3-1-7(2-4-8)5-6-16(14,15)9(11,12)13/h1-4H. The van der Waals surface area contributed by atoms with Crippen LogP contribution in [0.3, 0.4) is 0 Å². The molecular weight excluding hydrogens is 265 g/mol. The van der Waals surface area contributed by atoms with Gasteiger partial charge in [0.25, 0.3) is 0 Å². The van der Waals surface area contributed by atoms with E-state index in [1.54, 1.807) is 0 Å². The van der Waals surface area contributed by atoms with Crippen LogP contribution in [0.15, 0.2) is 24.3 Å². The van der Waals surface area contributed by atoms with E-state index < -0.39 is 15.3 Å². The predicted octanol–water partition coefficient (Wildman–Crippen LogP) is 2.58. The zero-order chi connectivity index (χ0) is 12.4. The van der Waals surface area contributed by atoms with Gasteiger partial charge in [-0.15, -0.1) is 0 Å². The SMILES string of the molecule is O=S(=O)(C#Cc1ccc(Cl)cc1)C(F)(F)F. The van der Waals surface area contributed by atoms with Gasteiger partial charge in [-0.3, -0.25) is 0 Å². The minimum Gasteiger partial charge on any atom is -0.206 e. The van der Waals surface area contributed by atoms with Gasteiger partial charge in [0.1, 0.15) is 0 Å². The number of hydrogen-bond acceptors (Lipinski definition) is 2. The first-order valence-electron chi connectivity index (χ1n) is 3.82. The number of alkyl halides is 3. The second-order valence-electron chi connectivity index (χ2n) is 2.68. The molecule has 0 spiro atoms. The fourth-order valence-corrected chi connectivity index (χ4v) is 1.21. The highest BCUT2D eigenvalue weighted by Gasteiger charge is 2.44. The van der Waals surface area contributed by atoms with E-state index >= 15 is 0 Å².